The molecule has 0 aromatic carbocycles. The molecule has 0 aliphatic heterocycles. The summed E-state index contributed by atoms with van der Waals surface area (Å²) in [6.45, 7) is 6.33. The molecule has 0 bridgehead atoms. The molecule has 0 aliphatic rings. The van der Waals surface area contributed by atoms with Crippen LogP contribution < -0.4 is 0 Å². The maximum Gasteiger partial charge on any atom is 0.332 e. The highest BCUT2D eigenvalue weighted by atomic mass is 16.6. The molecule has 0 rings (SSSR count). The van der Waals surface area contributed by atoms with Crippen LogP contribution in [-0.4, -0.2) is 25.3 Å². The van der Waals surface area contributed by atoms with Gasteiger partial charge in [-0.3, -0.25) is 0 Å². The van der Waals surface area contributed by atoms with Crippen molar-refractivity contribution < 1.29 is 14.3 Å². The average Bonchev–Trinajstić information content (AvgIpc) is 2.02. The van der Waals surface area contributed by atoms with E-state index in [1.165, 1.54) is 0 Å². The topological polar surface area (TPSA) is 35.5 Å². The third kappa shape index (κ3) is 6.16. The summed E-state index contributed by atoms with van der Waals surface area (Å²) in [5.74, 6) is -0.277. The van der Waals surface area contributed by atoms with E-state index in [2.05, 4.69) is 6.92 Å². The standard InChI is InChI=1S/C9H18O3/c1-4-6-8(3)12-7-9(10)11-5-2/h8H,4-7H2,1-3H3. The van der Waals surface area contributed by atoms with E-state index < -0.39 is 0 Å². The van der Waals surface area contributed by atoms with Crippen molar-refractivity contribution in [1.29, 1.82) is 0 Å². The lowest BCUT2D eigenvalue weighted by Crippen LogP contribution is -2.17. The van der Waals surface area contributed by atoms with Crippen molar-refractivity contribution in [3.05, 3.63) is 0 Å². The first-order valence-electron chi connectivity index (χ1n) is 4.47. The van der Waals surface area contributed by atoms with E-state index in [-0.39, 0.29) is 18.7 Å². The Kier molecular flexibility index (Phi) is 6.76. The molecular formula is C9H18O3. The Balaban J connectivity index is 3.33. The van der Waals surface area contributed by atoms with Gasteiger partial charge in [-0.05, 0) is 20.3 Å². The van der Waals surface area contributed by atoms with Crippen LogP contribution in [0.4, 0.5) is 0 Å². The second kappa shape index (κ2) is 7.10. The minimum absolute atomic E-state index is 0.0784. The molecule has 0 spiro atoms. The van der Waals surface area contributed by atoms with E-state index in [1.807, 2.05) is 6.92 Å². The van der Waals surface area contributed by atoms with Crippen LogP contribution in [0.15, 0.2) is 0 Å². The van der Waals surface area contributed by atoms with Gasteiger partial charge < -0.3 is 9.47 Å². The van der Waals surface area contributed by atoms with Crippen molar-refractivity contribution in [1.82, 2.24) is 0 Å². The van der Waals surface area contributed by atoms with Crippen molar-refractivity contribution in [2.45, 2.75) is 39.7 Å². The van der Waals surface area contributed by atoms with E-state index in [9.17, 15) is 4.79 Å². The van der Waals surface area contributed by atoms with Crippen molar-refractivity contribution in [2.75, 3.05) is 13.2 Å². The average molecular weight is 174 g/mol. The van der Waals surface area contributed by atoms with Crippen LogP contribution in [0.1, 0.15) is 33.6 Å². The van der Waals surface area contributed by atoms with Crippen LogP contribution in [0, 0.1) is 0 Å². The van der Waals surface area contributed by atoms with E-state index in [0.717, 1.165) is 12.8 Å². The number of esters is 1. The third-order valence-electron chi connectivity index (χ3n) is 1.49. The van der Waals surface area contributed by atoms with Crippen molar-refractivity contribution in [3.8, 4) is 0 Å². The summed E-state index contributed by atoms with van der Waals surface area (Å²) in [5.41, 5.74) is 0. The summed E-state index contributed by atoms with van der Waals surface area (Å²) >= 11 is 0. The first-order valence-corrected chi connectivity index (χ1v) is 4.47. The van der Waals surface area contributed by atoms with Crippen LogP contribution in [0.3, 0.4) is 0 Å². The fraction of sp³-hybridized carbons (Fsp3) is 0.889. The Hall–Kier alpha value is -0.570. The third-order valence-corrected chi connectivity index (χ3v) is 1.49. The summed E-state index contributed by atoms with van der Waals surface area (Å²) in [6.07, 6.45) is 2.21. The van der Waals surface area contributed by atoms with Crippen LogP contribution in [0.5, 0.6) is 0 Å². The maximum atomic E-state index is 10.8. The van der Waals surface area contributed by atoms with Gasteiger partial charge in [0.1, 0.15) is 6.61 Å². The molecule has 0 aromatic heterocycles. The lowest BCUT2D eigenvalue weighted by Gasteiger charge is -2.10. The fourth-order valence-corrected chi connectivity index (χ4v) is 0.903. The molecule has 3 heteroatoms. The number of carbonyl (C=O) groups excluding carboxylic acids is 1. The fourth-order valence-electron chi connectivity index (χ4n) is 0.903. The monoisotopic (exact) mass is 174 g/mol. The number of rotatable bonds is 6. The molecule has 72 valence electrons. The minimum atomic E-state index is -0.277. The number of hydrogen-bond acceptors (Lipinski definition) is 3. The Morgan fingerprint density at radius 3 is 2.58 bits per heavy atom. The lowest BCUT2D eigenvalue weighted by molar-refractivity contribution is -0.150. The Labute approximate surface area is 74.0 Å². The molecule has 0 saturated carbocycles. The SMILES string of the molecule is CCCC(C)OCC(=O)OCC. The van der Waals surface area contributed by atoms with E-state index >= 15 is 0 Å². The highest BCUT2D eigenvalue weighted by Gasteiger charge is 2.05. The molecule has 3 nitrogen and oxygen atoms in total. The highest BCUT2D eigenvalue weighted by molar-refractivity contribution is 5.70. The minimum Gasteiger partial charge on any atom is -0.464 e. The molecule has 0 amide bonds. The first-order chi connectivity index (χ1) is 5.70. The maximum absolute atomic E-state index is 10.8. The number of carbonyl (C=O) groups is 1. The van der Waals surface area contributed by atoms with E-state index in [4.69, 9.17) is 9.47 Å². The van der Waals surface area contributed by atoms with Crippen LogP contribution in [-0.2, 0) is 14.3 Å². The van der Waals surface area contributed by atoms with Gasteiger partial charge in [-0.1, -0.05) is 13.3 Å². The molecule has 0 aliphatic carbocycles. The summed E-state index contributed by atoms with van der Waals surface area (Å²) in [5, 5.41) is 0. The van der Waals surface area contributed by atoms with E-state index in [0.29, 0.717) is 6.61 Å². The molecule has 12 heavy (non-hydrogen) atoms. The Bertz CT molecular complexity index is 123. The van der Waals surface area contributed by atoms with Crippen molar-refractivity contribution >= 4 is 5.97 Å². The summed E-state index contributed by atoms with van der Waals surface area (Å²) < 4.78 is 9.93. The molecule has 0 radical (unpaired) electrons. The second-order valence-corrected chi connectivity index (χ2v) is 2.72. The van der Waals surface area contributed by atoms with Crippen LogP contribution >= 0.6 is 0 Å². The molecule has 0 N–H and O–H groups in total. The Morgan fingerprint density at radius 2 is 2.08 bits per heavy atom. The Morgan fingerprint density at radius 1 is 1.42 bits per heavy atom. The van der Waals surface area contributed by atoms with Gasteiger partial charge in [-0.2, -0.15) is 0 Å². The van der Waals surface area contributed by atoms with Gasteiger partial charge in [0.15, 0.2) is 0 Å². The van der Waals surface area contributed by atoms with Crippen LogP contribution in [0.25, 0.3) is 0 Å². The van der Waals surface area contributed by atoms with Gasteiger partial charge >= 0.3 is 5.97 Å². The van der Waals surface area contributed by atoms with Gasteiger partial charge in [0.2, 0.25) is 0 Å². The summed E-state index contributed by atoms with van der Waals surface area (Å²) in [4.78, 5) is 10.8. The van der Waals surface area contributed by atoms with Gasteiger partial charge in [0.25, 0.3) is 0 Å². The zero-order chi connectivity index (χ0) is 9.40. The highest BCUT2D eigenvalue weighted by Crippen LogP contribution is 2.00. The summed E-state index contributed by atoms with van der Waals surface area (Å²) in [7, 11) is 0. The van der Waals surface area contributed by atoms with E-state index in [1.54, 1.807) is 6.92 Å². The molecule has 1 atom stereocenters. The molecular weight excluding hydrogens is 156 g/mol. The molecule has 0 fully saturated rings. The number of ether oxygens (including phenoxy) is 2. The summed E-state index contributed by atoms with van der Waals surface area (Å²) in [6, 6.07) is 0. The number of hydrogen-bond donors (Lipinski definition) is 0. The van der Waals surface area contributed by atoms with Crippen LogP contribution in [0.2, 0.25) is 0 Å². The van der Waals surface area contributed by atoms with Crippen molar-refractivity contribution in [3.63, 3.8) is 0 Å². The normalized spacial score (nSPS) is 12.6. The predicted octanol–water partition coefficient (Wildman–Crippen LogP) is 1.75. The van der Waals surface area contributed by atoms with Gasteiger partial charge in [0, 0.05) is 0 Å². The van der Waals surface area contributed by atoms with Gasteiger partial charge in [-0.15, -0.1) is 0 Å². The smallest absolute Gasteiger partial charge is 0.332 e. The zero-order valence-electron chi connectivity index (χ0n) is 8.13. The lowest BCUT2D eigenvalue weighted by atomic mass is 10.2. The van der Waals surface area contributed by atoms with Crippen molar-refractivity contribution in [2.24, 2.45) is 0 Å². The predicted molar refractivity (Wildman–Crippen MR) is 47.0 cm³/mol. The quantitative estimate of drug-likeness (QED) is 0.575. The zero-order valence-corrected chi connectivity index (χ0v) is 8.13. The largest absolute Gasteiger partial charge is 0.464 e. The van der Waals surface area contributed by atoms with Gasteiger partial charge in [0.05, 0.1) is 12.7 Å². The molecule has 1 unspecified atom stereocenters. The molecule has 0 saturated heterocycles. The molecule has 0 heterocycles. The first kappa shape index (κ1) is 11.4. The molecule has 0 aromatic rings. The second-order valence-electron chi connectivity index (χ2n) is 2.72. The van der Waals surface area contributed by atoms with Gasteiger partial charge in [-0.25, -0.2) is 4.79 Å².